The SMILES string of the molecule is CCC(C)[C@H](NC(=O)[C@H](CCCCN)NC(=O)[C@@H](NC(=O)[C@H](CCC(N)=O)NC(=O)[C@H](CCCNC(N)N)NC(=O)CN)C(C)CC)C(=O)N[C@@H](Cc1c[nH]c2ccccc12)C(=O)N[C@@H](Cc1ccccc1)C(C)=O. The maximum absolute atomic E-state index is 14.6. The van der Waals surface area contributed by atoms with Crippen LogP contribution in [0, 0.1) is 11.8 Å². The number of aromatic nitrogens is 1. The zero-order valence-electron chi connectivity index (χ0n) is 44.0. The van der Waals surface area contributed by atoms with Crippen molar-refractivity contribution in [2.24, 2.45) is 40.5 Å². The van der Waals surface area contributed by atoms with Gasteiger partial charge >= 0.3 is 0 Å². The predicted molar refractivity (Wildman–Crippen MR) is 285 cm³/mol. The van der Waals surface area contributed by atoms with E-state index in [9.17, 15) is 43.2 Å². The minimum absolute atomic E-state index is 0.0280. The van der Waals surface area contributed by atoms with Crippen LogP contribution in [-0.4, -0.2) is 126 Å². The molecule has 414 valence electrons. The number of hydrogen-bond donors (Lipinski definition) is 14. The molecule has 75 heavy (non-hydrogen) atoms. The largest absolute Gasteiger partial charge is 0.370 e. The lowest BCUT2D eigenvalue weighted by Gasteiger charge is -2.31. The number of ketones is 1. The van der Waals surface area contributed by atoms with Crippen molar-refractivity contribution in [3.8, 4) is 0 Å². The van der Waals surface area contributed by atoms with E-state index < -0.39 is 114 Å². The van der Waals surface area contributed by atoms with Crippen molar-refractivity contribution in [3.05, 3.63) is 71.9 Å². The van der Waals surface area contributed by atoms with Gasteiger partial charge in [-0.2, -0.15) is 0 Å². The second-order valence-corrected chi connectivity index (χ2v) is 19.1. The van der Waals surface area contributed by atoms with Crippen LogP contribution < -0.4 is 71.2 Å². The Morgan fingerprint density at radius 2 is 1.08 bits per heavy atom. The molecule has 1 aromatic heterocycles. The molecule has 0 aliphatic carbocycles. The molecule has 0 bridgehead atoms. The number of nitrogens with one attached hydrogen (secondary N) is 9. The number of unbranched alkanes of at least 4 members (excludes halogenated alkanes) is 1. The molecule has 23 nitrogen and oxygen atoms in total. The molecule has 0 saturated carbocycles. The van der Waals surface area contributed by atoms with Crippen molar-refractivity contribution in [2.45, 2.75) is 154 Å². The lowest BCUT2D eigenvalue weighted by Crippen LogP contribution is -2.61. The Morgan fingerprint density at radius 3 is 1.64 bits per heavy atom. The smallest absolute Gasteiger partial charge is 0.243 e. The van der Waals surface area contributed by atoms with Crippen LogP contribution in [0.4, 0.5) is 0 Å². The summed E-state index contributed by atoms with van der Waals surface area (Å²) in [5.74, 6) is -7.08. The van der Waals surface area contributed by atoms with Gasteiger partial charge in [-0.1, -0.05) is 89.1 Å². The Bertz CT molecular complexity index is 2350. The molecule has 0 fully saturated rings. The molecule has 2 aromatic carbocycles. The molecule has 0 spiro atoms. The summed E-state index contributed by atoms with van der Waals surface area (Å²) in [5, 5.41) is 22.8. The van der Waals surface area contributed by atoms with Crippen LogP contribution in [0.25, 0.3) is 10.9 Å². The van der Waals surface area contributed by atoms with Gasteiger partial charge in [-0.15, -0.1) is 0 Å². The second-order valence-electron chi connectivity index (χ2n) is 19.1. The Labute approximate surface area is 439 Å². The highest BCUT2D eigenvalue weighted by atomic mass is 16.2. The molecule has 1 heterocycles. The van der Waals surface area contributed by atoms with E-state index in [0.29, 0.717) is 38.6 Å². The summed E-state index contributed by atoms with van der Waals surface area (Å²) >= 11 is 0. The average molecular weight is 1050 g/mol. The molecular weight excluding hydrogens is 965 g/mol. The van der Waals surface area contributed by atoms with Gasteiger partial charge in [-0.3, -0.25) is 48.5 Å². The molecule has 0 aliphatic heterocycles. The number of hydrogen-bond acceptors (Lipinski definition) is 14. The van der Waals surface area contributed by atoms with Crippen LogP contribution in [0.2, 0.25) is 0 Å². The summed E-state index contributed by atoms with van der Waals surface area (Å²) in [6.45, 7) is 8.63. The monoisotopic (exact) mass is 1050 g/mol. The topological polar surface area (TPSA) is 396 Å². The van der Waals surface area contributed by atoms with E-state index in [0.717, 1.165) is 22.0 Å². The van der Waals surface area contributed by atoms with Crippen molar-refractivity contribution >= 4 is 63.9 Å². The number of primary amides is 1. The maximum atomic E-state index is 14.6. The number of Topliss-reactive ketones (excluding diaryl/α,β-unsaturated/α-hetero) is 1. The number of carbonyl (C=O) groups is 9. The molecular formula is C52H82N14O9. The van der Waals surface area contributed by atoms with Crippen molar-refractivity contribution in [1.29, 1.82) is 0 Å². The first-order valence-electron chi connectivity index (χ1n) is 25.9. The van der Waals surface area contributed by atoms with Crippen LogP contribution in [0.1, 0.15) is 104 Å². The number of benzene rings is 2. The summed E-state index contributed by atoms with van der Waals surface area (Å²) in [7, 11) is 0. The lowest BCUT2D eigenvalue weighted by atomic mass is 9.95. The third-order valence-electron chi connectivity index (χ3n) is 13.2. The third kappa shape index (κ3) is 21.2. The highest BCUT2D eigenvalue weighted by molar-refractivity contribution is 5.98. The number of aromatic amines is 1. The van der Waals surface area contributed by atoms with Gasteiger partial charge in [0.05, 0.1) is 12.6 Å². The Kier molecular flexibility index (Phi) is 27.1. The van der Waals surface area contributed by atoms with Gasteiger partial charge in [-0.05, 0) is 94.0 Å². The summed E-state index contributed by atoms with van der Waals surface area (Å²) < 4.78 is 0. The maximum Gasteiger partial charge on any atom is 0.243 e. The summed E-state index contributed by atoms with van der Waals surface area (Å²) in [5.41, 5.74) is 30.2. The van der Waals surface area contributed by atoms with Crippen LogP contribution in [0.15, 0.2) is 60.8 Å². The van der Waals surface area contributed by atoms with Crippen LogP contribution in [-0.2, 0) is 56.0 Å². The molecule has 9 atom stereocenters. The molecule has 19 N–H and O–H groups in total. The van der Waals surface area contributed by atoms with Crippen molar-refractivity contribution < 1.29 is 43.2 Å². The Hall–Kier alpha value is -6.79. The van der Waals surface area contributed by atoms with Gasteiger partial charge < -0.3 is 70.9 Å². The molecule has 0 radical (unpaired) electrons. The van der Waals surface area contributed by atoms with Crippen molar-refractivity contribution in [2.75, 3.05) is 19.6 Å². The molecule has 23 heteroatoms. The normalized spacial score (nSPS) is 14.9. The zero-order chi connectivity index (χ0) is 55.6. The number of fused-ring (bicyclic) bond motifs is 1. The zero-order valence-corrected chi connectivity index (χ0v) is 44.0. The molecule has 8 amide bonds. The standard InChI is InChI=1S/C52H82N14O9/c1-6-30(3)44(66-48(72)39(22-23-42(55)68)61-46(70)37(60-43(69)28-54)21-15-25-58-52(56)57)50(74)62-38(20-13-14-24-53)47(71)65-45(31(4)7-2)51(75)64-41(27-34-29-59-36-19-12-11-18-35(34)36)49(73)63-40(32(5)67)26-33-16-9-8-10-17-33/h8-12,16-19,29-31,37-41,44-45,52,58-59H,6-7,13-15,20-28,53-54,56-57H2,1-5H3,(H2,55,68)(H,60,69)(H,61,70)(H,62,74)(H,63,73)(H,64,75)(H,65,71)(H,66,72)/t30?,31?,37-,38-,39-,40-,41-,44-,45-/m0/s1. The first-order chi connectivity index (χ1) is 35.7. The van der Waals surface area contributed by atoms with Crippen LogP contribution in [0.3, 0.4) is 0 Å². The summed E-state index contributed by atoms with van der Waals surface area (Å²) in [6.07, 6.45) is 2.76. The van der Waals surface area contributed by atoms with Gasteiger partial charge in [0.2, 0.25) is 47.3 Å². The molecule has 0 saturated heterocycles. The minimum atomic E-state index is -1.41. The number of para-hydroxylation sites is 1. The number of H-pyrrole nitrogens is 1. The molecule has 3 rings (SSSR count). The van der Waals surface area contributed by atoms with Crippen LogP contribution in [0.5, 0.6) is 0 Å². The van der Waals surface area contributed by atoms with E-state index in [-0.39, 0.29) is 50.9 Å². The number of nitrogens with two attached hydrogens (primary N) is 5. The van der Waals surface area contributed by atoms with E-state index in [2.05, 4.69) is 47.5 Å². The second kappa shape index (κ2) is 32.5. The highest BCUT2D eigenvalue weighted by Crippen LogP contribution is 2.20. The summed E-state index contributed by atoms with van der Waals surface area (Å²) in [6, 6.07) is 8.27. The third-order valence-corrected chi connectivity index (χ3v) is 13.2. The number of rotatable bonds is 35. The fourth-order valence-corrected chi connectivity index (χ4v) is 8.27. The van der Waals surface area contributed by atoms with E-state index >= 15 is 0 Å². The van der Waals surface area contributed by atoms with E-state index in [1.807, 2.05) is 61.5 Å². The quantitative estimate of drug-likeness (QED) is 0.0247. The van der Waals surface area contributed by atoms with Crippen LogP contribution >= 0.6 is 0 Å². The molecule has 2 unspecified atom stereocenters. The number of carbonyl (C=O) groups excluding carboxylic acids is 9. The Balaban J connectivity index is 1.92. The highest BCUT2D eigenvalue weighted by Gasteiger charge is 2.37. The first kappa shape index (κ1) is 62.5. The van der Waals surface area contributed by atoms with Crippen molar-refractivity contribution in [3.63, 3.8) is 0 Å². The number of amides is 8. The average Bonchev–Trinajstić information content (AvgIpc) is 3.80. The van der Waals surface area contributed by atoms with Gasteiger partial charge in [-0.25, -0.2) is 0 Å². The lowest BCUT2D eigenvalue weighted by molar-refractivity contribution is -0.137. The molecule has 0 aliphatic rings. The fraction of sp³-hybridized carbons (Fsp3) is 0.558. The first-order valence-corrected chi connectivity index (χ1v) is 25.9. The minimum Gasteiger partial charge on any atom is -0.370 e. The van der Waals surface area contributed by atoms with E-state index in [1.165, 1.54) is 6.92 Å². The van der Waals surface area contributed by atoms with Gasteiger partial charge in [0.25, 0.3) is 0 Å². The Morgan fingerprint density at radius 1 is 0.573 bits per heavy atom. The van der Waals surface area contributed by atoms with E-state index in [4.69, 9.17) is 28.7 Å². The van der Waals surface area contributed by atoms with Gasteiger partial charge in [0, 0.05) is 29.9 Å². The van der Waals surface area contributed by atoms with Gasteiger partial charge in [0.1, 0.15) is 42.5 Å². The van der Waals surface area contributed by atoms with E-state index in [1.54, 1.807) is 27.0 Å². The molecule has 3 aromatic rings. The van der Waals surface area contributed by atoms with Gasteiger partial charge in [0.15, 0.2) is 5.78 Å². The van der Waals surface area contributed by atoms with Crippen molar-refractivity contribution in [1.82, 2.24) is 47.5 Å². The summed E-state index contributed by atoms with van der Waals surface area (Å²) in [4.78, 5) is 126. The fourth-order valence-electron chi connectivity index (χ4n) is 8.27. The predicted octanol–water partition coefficient (Wildman–Crippen LogP) is -1.05.